The van der Waals surface area contributed by atoms with Crippen molar-refractivity contribution in [3.05, 3.63) is 42.6 Å². The van der Waals surface area contributed by atoms with E-state index in [1.54, 1.807) is 25.3 Å². The molecular formula is C11H14N4O2S. The third-order valence-corrected chi connectivity index (χ3v) is 4.35. The minimum atomic E-state index is -3.53. The fraction of sp³-hybridized carbons (Fsp3) is 0.273. The van der Waals surface area contributed by atoms with E-state index in [1.807, 2.05) is 6.07 Å². The number of H-pyrrole nitrogens is 1. The molecule has 0 radical (unpaired) electrons. The van der Waals surface area contributed by atoms with Gasteiger partial charge in [-0.1, -0.05) is 13.0 Å². The van der Waals surface area contributed by atoms with E-state index >= 15 is 0 Å². The second-order valence-electron chi connectivity index (χ2n) is 3.67. The standard InChI is InChI=1S/C11H14N4O2S/c1-2-15(8-10-5-3-4-6-13-10)18(16,17)11-7-12-9-14-11/h3-7,9H,2,8H2,1H3,(H,12,14). The number of aromatic nitrogens is 3. The first-order chi connectivity index (χ1) is 8.64. The zero-order valence-electron chi connectivity index (χ0n) is 9.94. The molecule has 18 heavy (non-hydrogen) atoms. The number of nitrogens with zero attached hydrogens (tertiary/aromatic N) is 3. The van der Waals surface area contributed by atoms with Crippen molar-refractivity contribution in [1.29, 1.82) is 0 Å². The number of nitrogens with one attached hydrogen (secondary N) is 1. The molecule has 2 aromatic rings. The lowest BCUT2D eigenvalue weighted by Crippen LogP contribution is -2.31. The van der Waals surface area contributed by atoms with Gasteiger partial charge in [-0.15, -0.1) is 0 Å². The summed E-state index contributed by atoms with van der Waals surface area (Å²) >= 11 is 0. The van der Waals surface area contributed by atoms with Gasteiger partial charge in [-0.3, -0.25) is 4.98 Å². The van der Waals surface area contributed by atoms with Gasteiger partial charge < -0.3 is 4.98 Å². The maximum Gasteiger partial charge on any atom is 0.260 e. The van der Waals surface area contributed by atoms with Gasteiger partial charge in [-0.25, -0.2) is 13.4 Å². The maximum atomic E-state index is 12.3. The topological polar surface area (TPSA) is 79.0 Å². The molecule has 0 unspecified atom stereocenters. The first kappa shape index (κ1) is 12.7. The van der Waals surface area contributed by atoms with Crippen molar-refractivity contribution < 1.29 is 8.42 Å². The van der Waals surface area contributed by atoms with Crippen LogP contribution in [-0.4, -0.2) is 34.2 Å². The highest BCUT2D eigenvalue weighted by molar-refractivity contribution is 7.89. The number of rotatable bonds is 5. The molecule has 0 atom stereocenters. The van der Waals surface area contributed by atoms with Gasteiger partial charge in [0.1, 0.15) is 0 Å². The molecule has 0 saturated carbocycles. The van der Waals surface area contributed by atoms with E-state index in [0.717, 1.165) is 0 Å². The zero-order valence-corrected chi connectivity index (χ0v) is 10.8. The first-order valence-electron chi connectivity index (χ1n) is 5.53. The van der Waals surface area contributed by atoms with E-state index in [0.29, 0.717) is 12.2 Å². The number of hydrogen-bond donors (Lipinski definition) is 1. The second kappa shape index (κ2) is 5.28. The van der Waals surface area contributed by atoms with Crippen molar-refractivity contribution in [2.45, 2.75) is 18.5 Å². The molecule has 0 aromatic carbocycles. The van der Waals surface area contributed by atoms with Gasteiger partial charge in [-0.2, -0.15) is 4.31 Å². The van der Waals surface area contributed by atoms with Crippen molar-refractivity contribution in [2.24, 2.45) is 0 Å². The van der Waals surface area contributed by atoms with Crippen molar-refractivity contribution in [1.82, 2.24) is 19.3 Å². The zero-order chi connectivity index (χ0) is 13.0. The average Bonchev–Trinajstić information content (AvgIpc) is 2.91. The highest BCUT2D eigenvalue weighted by atomic mass is 32.2. The van der Waals surface area contributed by atoms with Crippen LogP contribution < -0.4 is 0 Å². The summed E-state index contributed by atoms with van der Waals surface area (Å²) in [7, 11) is -3.53. The van der Waals surface area contributed by atoms with Crippen LogP contribution in [0.15, 0.2) is 41.9 Å². The Hall–Kier alpha value is -1.73. The lowest BCUT2D eigenvalue weighted by molar-refractivity contribution is 0.417. The molecule has 0 spiro atoms. The van der Waals surface area contributed by atoms with E-state index < -0.39 is 10.0 Å². The Morgan fingerprint density at radius 1 is 1.39 bits per heavy atom. The summed E-state index contributed by atoms with van der Waals surface area (Å²) in [4.78, 5) is 10.5. The number of imidazole rings is 1. The van der Waals surface area contributed by atoms with E-state index in [9.17, 15) is 8.42 Å². The van der Waals surface area contributed by atoms with Gasteiger partial charge in [-0.05, 0) is 12.1 Å². The molecule has 0 saturated heterocycles. The van der Waals surface area contributed by atoms with Gasteiger partial charge in [0.15, 0.2) is 5.03 Å². The van der Waals surface area contributed by atoms with E-state index in [4.69, 9.17) is 0 Å². The maximum absolute atomic E-state index is 12.3. The predicted octanol–water partition coefficient (Wildman–Crippen LogP) is 1.02. The Morgan fingerprint density at radius 2 is 2.22 bits per heavy atom. The molecule has 0 aliphatic carbocycles. The summed E-state index contributed by atoms with van der Waals surface area (Å²) < 4.78 is 25.9. The third-order valence-electron chi connectivity index (χ3n) is 2.51. The normalized spacial score (nSPS) is 11.9. The van der Waals surface area contributed by atoms with Crippen LogP contribution >= 0.6 is 0 Å². The fourth-order valence-corrected chi connectivity index (χ4v) is 2.88. The molecule has 96 valence electrons. The molecule has 2 aromatic heterocycles. The monoisotopic (exact) mass is 266 g/mol. The number of hydrogen-bond acceptors (Lipinski definition) is 4. The Morgan fingerprint density at radius 3 is 2.78 bits per heavy atom. The van der Waals surface area contributed by atoms with E-state index in [2.05, 4.69) is 15.0 Å². The van der Waals surface area contributed by atoms with Gasteiger partial charge >= 0.3 is 0 Å². The Bertz CT molecular complexity index is 581. The highest BCUT2D eigenvalue weighted by Crippen LogP contribution is 2.14. The van der Waals surface area contributed by atoms with Gasteiger partial charge in [0.05, 0.1) is 24.8 Å². The molecule has 2 rings (SSSR count). The highest BCUT2D eigenvalue weighted by Gasteiger charge is 2.24. The summed E-state index contributed by atoms with van der Waals surface area (Å²) in [5.74, 6) is 0. The van der Waals surface area contributed by atoms with Crippen LogP contribution in [0.25, 0.3) is 0 Å². The first-order valence-corrected chi connectivity index (χ1v) is 6.97. The lowest BCUT2D eigenvalue weighted by atomic mass is 10.3. The summed E-state index contributed by atoms with van der Waals surface area (Å²) in [6.07, 6.45) is 4.30. The van der Waals surface area contributed by atoms with Gasteiger partial charge in [0, 0.05) is 12.7 Å². The Balaban J connectivity index is 2.25. The Kier molecular flexibility index (Phi) is 3.73. The molecule has 0 aliphatic heterocycles. The summed E-state index contributed by atoms with van der Waals surface area (Å²) in [5, 5.41) is 0.0975. The fourth-order valence-electron chi connectivity index (χ4n) is 1.56. The summed E-state index contributed by atoms with van der Waals surface area (Å²) in [5.41, 5.74) is 0.711. The molecule has 0 amide bonds. The van der Waals surface area contributed by atoms with Crippen LogP contribution in [-0.2, 0) is 16.6 Å². The van der Waals surface area contributed by atoms with E-state index in [-0.39, 0.29) is 11.6 Å². The molecular weight excluding hydrogens is 252 g/mol. The second-order valence-corrected chi connectivity index (χ2v) is 5.57. The quantitative estimate of drug-likeness (QED) is 0.876. The molecule has 0 aliphatic rings. The molecule has 2 heterocycles. The van der Waals surface area contributed by atoms with Crippen molar-refractivity contribution in [3.8, 4) is 0 Å². The van der Waals surface area contributed by atoms with Crippen LogP contribution in [0.2, 0.25) is 0 Å². The SMILES string of the molecule is CCN(Cc1ccccn1)S(=O)(=O)c1cnc[nH]1. The van der Waals surface area contributed by atoms with Crippen LogP contribution in [0.5, 0.6) is 0 Å². The van der Waals surface area contributed by atoms with E-state index in [1.165, 1.54) is 16.8 Å². The molecule has 1 N–H and O–H groups in total. The van der Waals surface area contributed by atoms with Crippen LogP contribution in [0.4, 0.5) is 0 Å². The third kappa shape index (κ3) is 2.57. The minimum absolute atomic E-state index is 0.0975. The molecule has 0 bridgehead atoms. The van der Waals surface area contributed by atoms with Crippen molar-refractivity contribution in [3.63, 3.8) is 0 Å². The van der Waals surface area contributed by atoms with Crippen molar-refractivity contribution in [2.75, 3.05) is 6.54 Å². The summed E-state index contributed by atoms with van der Waals surface area (Å²) in [6, 6.07) is 5.42. The number of aromatic amines is 1. The van der Waals surface area contributed by atoms with Crippen molar-refractivity contribution >= 4 is 10.0 Å². The number of sulfonamides is 1. The van der Waals surface area contributed by atoms with Crippen LogP contribution in [0.3, 0.4) is 0 Å². The van der Waals surface area contributed by atoms with Gasteiger partial charge in [0.25, 0.3) is 10.0 Å². The Labute approximate surface area is 106 Å². The summed E-state index contributed by atoms with van der Waals surface area (Å²) in [6.45, 7) is 2.41. The average molecular weight is 266 g/mol. The number of pyridine rings is 1. The molecule has 0 fully saturated rings. The smallest absolute Gasteiger partial charge is 0.260 e. The van der Waals surface area contributed by atoms with Gasteiger partial charge in [0.2, 0.25) is 0 Å². The molecule has 6 nitrogen and oxygen atoms in total. The van der Waals surface area contributed by atoms with Crippen LogP contribution in [0.1, 0.15) is 12.6 Å². The predicted molar refractivity (Wildman–Crippen MR) is 66.1 cm³/mol. The minimum Gasteiger partial charge on any atom is -0.335 e. The largest absolute Gasteiger partial charge is 0.335 e. The lowest BCUT2D eigenvalue weighted by Gasteiger charge is -2.18. The molecule has 7 heteroatoms. The van der Waals surface area contributed by atoms with Crippen LogP contribution in [0, 0.1) is 0 Å².